The molecule has 0 aliphatic heterocycles. The van der Waals surface area contributed by atoms with Gasteiger partial charge in [0.05, 0.1) is 0 Å². The number of hydrogen-bond acceptors (Lipinski definition) is 1. The second-order valence-corrected chi connectivity index (χ2v) is 4.46. The Bertz CT molecular complexity index is 395. The molecule has 2 rings (SSSR count). The van der Waals surface area contributed by atoms with E-state index in [9.17, 15) is 0 Å². The van der Waals surface area contributed by atoms with E-state index in [2.05, 4.69) is 50.2 Å². The first-order chi connectivity index (χ1) is 6.25. The largest absolute Gasteiger partial charge is 0.141 e. The molecule has 13 heavy (non-hydrogen) atoms. The lowest BCUT2D eigenvalue weighted by molar-refractivity contribution is 1.46. The van der Waals surface area contributed by atoms with E-state index in [1.165, 1.54) is 20.9 Å². The van der Waals surface area contributed by atoms with Gasteiger partial charge in [0.25, 0.3) is 0 Å². The summed E-state index contributed by atoms with van der Waals surface area (Å²) in [5.74, 6) is 0. The van der Waals surface area contributed by atoms with Crippen LogP contribution < -0.4 is 0 Å². The Balaban J connectivity index is 2.41. The molecule has 0 aliphatic carbocycles. The summed E-state index contributed by atoms with van der Waals surface area (Å²) in [4.78, 5) is 2.68. The summed E-state index contributed by atoms with van der Waals surface area (Å²) in [5, 5.41) is 0. The van der Waals surface area contributed by atoms with Crippen molar-refractivity contribution in [3.63, 3.8) is 0 Å². The van der Waals surface area contributed by atoms with Crippen LogP contribution in [0.5, 0.6) is 0 Å². The maximum absolute atomic E-state index is 3.21. The van der Waals surface area contributed by atoms with E-state index >= 15 is 0 Å². The van der Waals surface area contributed by atoms with Crippen LogP contribution in [0.25, 0.3) is 10.4 Å². The number of rotatable bonds is 1. The Morgan fingerprint density at radius 1 is 1.08 bits per heavy atom. The number of thiophene rings is 1. The molecule has 1 heteroatoms. The van der Waals surface area contributed by atoms with Crippen molar-refractivity contribution in [3.8, 4) is 10.4 Å². The van der Waals surface area contributed by atoms with Gasteiger partial charge in [-0.05, 0) is 49.2 Å². The third-order valence-electron chi connectivity index (χ3n) is 1.99. The Labute approximate surface area is 82.9 Å². The van der Waals surface area contributed by atoms with E-state index in [0.717, 1.165) is 0 Å². The maximum Gasteiger partial charge on any atom is 0.0345 e. The zero-order chi connectivity index (χ0) is 9.26. The molecule has 0 bridgehead atoms. The van der Waals surface area contributed by atoms with E-state index in [0.29, 0.717) is 0 Å². The van der Waals surface area contributed by atoms with Crippen molar-refractivity contribution in [2.45, 2.75) is 13.8 Å². The maximum atomic E-state index is 3.21. The van der Waals surface area contributed by atoms with Gasteiger partial charge in [0.2, 0.25) is 0 Å². The molecule has 0 saturated carbocycles. The standard InChI is InChI=1S/C12H11S/c1-9-3-6-11(7-4-9)12-8-5-10(2)13-12/h3,5-8H,1-2H3. The molecule has 0 spiro atoms. The van der Waals surface area contributed by atoms with Crippen LogP contribution in [0.15, 0.2) is 30.3 Å². The van der Waals surface area contributed by atoms with E-state index < -0.39 is 0 Å². The lowest BCUT2D eigenvalue weighted by Crippen LogP contribution is -1.73. The van der Waals surface area contributed by atoms with Gasteiger partial charge < -0.3 is 0 Å². The predicted octanol–water partition coefficient (Wildman–Crippen LogP) is 3.83. The van der Waals surface area contributed by atoms with Crippen molar-refractivity contribution in [2.75, 3.05) is 0 Å². The van der Waals surface area contributed by atoms with Gasteiger partial charge in [-0.3, -0.25) is 0 Å². The molecule has 1 heterocycles. The lowest BCUT2D eigenvalue weighted by Gasteiger charge is -1.96. The highest BCUT2D eigenvalue weighted by molar-refractivity contribution is 7.15. The average Bonchev–Trinajstić information content (AvgIpc) is 2.53. The van der Waals surface area contributed by atoms with Crippen molar-refractivity contribution in [3.05, 3.63) is 46.8 Å². The van der Waals surface area contributed by atoms with E-state index in [-0.39, 0.29) is 0 Å². The van der Waals surface area contributed by atoms with Gasteiger partial charge in [0.1, 0.15) is 0 Å². The summed E-state index contributed by atoms with van der Waals surface area (Å²) in [6, 6.07) is 13.8. The third-order valence-corrected chi connectivity index (χ3v) is 3.04. The predicted molar refractivity (Wildman–Crippen MR) is 58.1 cm³/mol. The second-order valence-electron chi connectivity index (χ2n) is 3.17. The molecule has 1 aromatic heterocycles. The van der Waals surface area contributed by atoms with Crippen LogP contribution in [0, 0.1) is 19.9 Å². The van der Waals surface area contributed by atoms with Crippen LogP contribution in [0.1, 0.15) is 10.4 Å². The van der Waals surface area contributed by atoms with E-state index in [1.54, 1.807) is 0 Å². The monoisotopic (exact) mass is 187 g/mol. The minimum atomic E-state index is 1.19. The molecule has 0 aliphatic rings. The average molecular weight is 187 g/mol. The van der Waals surface area contributed by atoms with Gasteiger partial charge in [-0.2, -0.15) is 0 Å². The molecule has 0 nitrogen and oxygen atoms in total. The summed E-state index contributed by atoms with van der Waals surface area (Å²) in [6.45, 7) is 4.19. The third kappa shape index (κ3) is 1.81. The zero-order valence-corrected chi connectivity index (χ0v) is 8.61. The Kier molecular flexibility index (Phi) is 2.19. The fraction of sp³-hybridized carbons (Fsp3) is 0.167. The van der Waals surface area contributed by atoms with E-state index in [4.69, 9.17) is 0 Å². The van der Waals surface area contributed by atoms with Gasteiger partial charge in [0, 0.05) is 9.75 Å². The molecule has 0 fully saturated rings. The Morgan fingerprint density at radius 3 is 2.46 bits per heavy atom. The fourth-order valence-corrected chi connectivity index (χ4v) is 2.11. The summed E-state index contributed by atoms with van der Waals surface area (Å²) < 4.78 is 0. The quantitative estimate of drug-likeness (QED) is 0.636. The van der Waals surface area contributed by atoms with Crippen molar-refractivity contribution in [2.24, 2.45) is 0 Å². The second kappa shape index (κ2) is 3.35. The molecule has 1 radical (unpaired) electrons. The van der Waals surface area contributed by atoms with Crippen molar-refractivity contribution in [1.29, 1.82) is 0 Å². The smallest absolute Gasteiger partial charge is 0.0345 e. The topological polar surface area (TPSA) is 0 Å². The van der Waals surface area contributed by atoms with Crippen molar-refractivity contribution >= 4 is 11.3 Å². The highest BCUT2D eigenvalue weighted by atomic mass is 32.1. The van der Waals surface area contributed by atoms with Crippen LogP contribution in [-0.2, 0) is 0 Å². The molecular weight excluding hydrogens is 176 g/mol. The first kappa shape index (κ1) is 8.52. The molecule has 0 amide bonds. The van der Waals surface area contributed by atoms with Crippen LogP contribution in [0.4, 0.5) is 0 Å². The molecule has 1 aromatic carbocycles. The first-order valence-corrected chi connectivity index (χ1v) is 5.12. The van der Waals surface area contributed by atoms with Crippen molar-refractivity contribution in [1.82, 2.24) is 0 Å². The van der Waals surface area contributed by atoms with Crippen molar-refractivity contribution < 1.29 is 0 Å². The SMILES string of the molecule is Cc1[c]cc(-c2ccc(C)s2)cc1. The first-order valence-electron chi connectivity index (χ1n) is 4.31. The normalized spacial score (nSPS) is 10.3. The van der Waals surface area contributed by atoms with Gasteiger partial charge >= 0.3 is 0 Å². The molecule has 0 N–H and O–H groups in total. The van der Waals surface area contributed by atoms with Crippen LogP contribution in [-0.4, -0.2) is 0 Å². The summed E-state index contributed by atoms with van der Waals surface area (Å²) in [7, 11) is 0. The zero-order valence-electron chi connectivity index (χ0n) is 7.79. The van der Waals surface area contributed by atoms with Crippen LogP contribution in [0.3, 0.4) is 0 Å². The summed E-state index contributed by atoms with van der Waals surface area (Å²) in [5.41, 5.74) is 2.46. The minimum Gasteiger partial charge on any atom is -0.141 e. The molecule has 65 valence electrons. The Morgan fingerprint density at radius 2 is 1.92 bits per heavy atom. The van der Waals surface area contributed by atoms with Crippen LogP contribution >= 0.6 is 11.3 Å². The minimum absolute atomic E-state index is 1.19. The lowest BCUT2D eigenvalue weighted by atomic mass is 10.1. The fourth-order valence-electron chi connectivity index (χ4n) is 1.25. The molecule has 0 atom stereocenters. The molecule has 2 aromatic rings. The van der Waals surface area contributed by atoms with E-state index in [1.807, 2.05) is 11.3 Å². The molecule has 0 unspecified atom stereocenters. The van der Waals surface area contributed by atoms with Gasteiger partial charge in [-0.25, -0.2) is 0 Å². The van der Waals surface area contributed by atoms with Gasteiger partial charge in [-0.1, -0.05) is 12.1 Å². The summed E-state index contributed by atoms with van der Waals surface area (Å²) >= 11 is 1.83. The molecular formula is C12H11S. The highest BCUT2D eigenvalue weighted by Crippen LogP contribution is 2.27. The van der Waals surface area contributed by atoms with Gasteiger partial charge in [-0.15, -0.1) is 11.3 Å². The summed E-state index contributed by atoms with van der Waals surface area (Å²) in [6.07, 6.45) is 0. The number of hydrogen-bond donors (Lipinski definition) is 0. The number of benzene rings is 1. The molecule has 0 saturated heterocycles. The highest BCUT2D eigenvalue weighted by Gasteiger charge is 1.99. The number of aryl methyl sites for hydroxylation is 2. The van der Waals surface area contributed by atoms with Gasteiger partial charge in [0.15, 0.2) is 0 Å². The Hall–Kier alpha value is -1.08. The van der Waals surface area contributed by atoms with Crippen LogP contribution in [0.2, 0.25) is 0 Å².